The first-order valence-electron chi connectivity index (χ1n) is 6.96. The molecule has 0 fully saturated rings. The number of quaternary nitrogens is 1. The van der Waals surface area contributed by atoms with Crippen LogP contribution in [0.3, 0.4) is 0 Å². The lowest BCUT2D eigenvalue weighted by Gasteiger charge is -2.36. The third-order valence-corrected chi connectivity index (χ3v) is 4.43. The maximum absolute atomic E-state index is 4.08. The van der Waals surface area contributed by atoms with E-state index in [1.807, 2.05) is 6.92 Å². The van der Waals surface area contributed by atoms with Gasteiger partial charge in [-0.05, 0) is 27.7 Å². The van der Waals surface area contributed by atoms with Crippen LogP contribution in [-0.4, -0.2) is 24.1 Å². The van der Waals surface area contributed by atoms with E-state index in [9.17, 15) is 0 Å². The zero-order valence-corrected chi connectivity index (χ0v) is 12.0. The maximum atomic E-state index is 4.08. The van der Waals surface area contributed by atoms with Gasteiger partial charge in [0.05, 0.1) is 19.6 Å². The van der Waals surface area contributed by atoms with Gasteiger partial charge in [-0.2, -0.15) is 10.2 Å². The fraction of sp³-hybridized carbons (Fsp3) is 0.600. The highest BCUT2D eigenvalue weighted by molar-refractivity contribution is 5.29. The third-order valence-electron chi connectivity index (χ3n) is 4.43. The van der Waals surface area contributed by atoms with Crippen molar-refractivity contribution in [2.75, 3.05) is 19.6 Å². The summed E-state index contributed by atoms with van der Waals surface area (Å²) in [5.41, 5.74) is 2.37. The van der Waals surface area contributed by atoms with Crippen molar-refractivity contribution in [3.05, 3.63) is 35.4 Å². The van der Waals surface area contributed by atoms with Crippen molar-refractivity contribution in [2.24, 2.45) is 10.2 Å². The average Bonchev–Trinajstić information content (AvgIpc) is 3.16. The maximum Gasteiger partial charge on any atom is 0.213 e. The van der Waals surface area contributed by atoms with Crippen LogP contribution in [0.15, 0.2) is 34.5 Å². The average molecular weight is 246 g/mol. The van der Waals surface area contributed by atoms with E-state index in [0.717, 1.165) is 11.0 Å². The van der Waals surface area contributed by atoms with Crippen LogP contribution in [-0.2, 0) is 12.2 Å². The summed E-state index contributed by atoms with van der Waals surface area (Å²) < 4.78 is 1.16. The van der Waals surface area contributed by atoms with Crippen molar-refractivity contribution in [2.45, 2.75) is 39.9 Å². The Morgan fingerprint density at radius 1 is 0.944 bits per heavy atom. The minimum Gasteiger partial charge on any atom is -0.321 e. The van der Waals surface area contributed by atoms with Gasteiger partial charge < -0.3 is 4.48 Å². The fourth-order valence-corrected chi connectivity index (χ4v) is 2.51. The predicted octanol–water partition coefficient (Wildman–Crippen LogP) is 3.70. The Kier molecular flexibility index (Phi) is 3.53. The van der Waals surface area contributed by atoms with E-state index in [-0.39, 0.29) is 5.66 Å². The van der Waals surface area contributed by atoms with Gasteiger partial charge in [0, 0.05) is 11.1 Å². The molecule has 18 heavy (non-hydrogen) atoms. The molecule has 0 amide bonds. The summed E-state index contributed by atoms with van der Waals surface area (Å²) in [5, 5.41) is 8.16. The molecule has 0 atom stereocenters. The third kappa shape index (κ3) is 2.46. The molecule has 0 aromatic heterocycles. The highest BCUT2D eigenvalue weighted by Gasteiger charge is 2.35. The van der Waals surface area contributed by atoms with Crippen LogP contribution in [0.5, 0.6) is 0 Å². The Morgan fingerprint density at radius 3 is 1.83 bits per heavy atom. The molecule has 1 heterocycles. The quantitative estimate of drug-likeness (QED) is 0.684. The molecule has 3 heteroatoms. The Balaban J connectivity index is 2.10. The van der Waals surface area contributed by atoms with Crippen LogP contribution < -0.4 is 0 Å². The number of rotatable bonds is 6. The highest BCUT2D eigenvalue weighted by Crippen LogP contribution is 2.38. The van der Waals surface area contributed by atoms with E-state index >= 15 is 0 Å². The molecule has 0 saturated heterocycles. The molecule has 0 N–H and O–H groups in total. The first kappa shape index (κ1) is 13.2. The van der Waals surface area contributed by atoms with Crippen LogP contribution in [0.25, 0.3) is 0 Å². The summed E-state index contributed by atoms with van der Waals surface area (Å²) in [4.78, 5) is 0. The molecular formula is C15H24N3+. The Bertz CT molecular complexity index is 415. The minimum absolute atomic E-state index is 0.245. The van der Waals surface area contributed by atoms with Crippen molar-refractivity contribution >= 4 is 0 Å². The zero-order chi connectivity index (χ0) is 13.2. The highest BCUT2D eigenvalue weighted by atomic mass is 15.4. The van der Waals surface area contributed by atoms with Gasteiger partial charge in [-0.15, -0.1) is 0 Å². The van der Waals surface area contributed by atoms with Gasteiger partial charge in [0.15, 0.2) is 0 Å². The minimum atomic E-state index is -0.245. The second-order valence-corrected chi connectivity index (χ2v) is 5.37. The SMILES string of the molecule is CC[N+](CC)(CC)Cc1ccc(C2(C)N=N2)cc1. The van der Waals surface area contributed by atoms with Crippen molar-refractivity contribution < 1.29 is 4.48 Å². The predicted molar refractivity (Wildman–Crippen MR) is 74.2 cm³/mol. The van der Waals surface area contributed by atoms with Gasteiger partial charge >= 0.3 is 0 Å². The zero-order valence-electron chi connectivity index (χ0n) is 12.0. The molecule has 0 bridgehead atoms. The molecule has 98 valence electrons. The summed E-state index contributed by atoms with van der Waals surface area (Å²) in [6.45, 7) is 13.6. The molecule has 3 nitrogen and oxygen atoms in total. The summed E-state index contributed by atoms with van der Waals surface area (Å²) >= 11 is 0. The van der Waals surface area contributed by atoms with E-state index in [0.29, 0.717) is 0 Å². The number of hydrogen-bond acceptors (Lipinski definition) is 2. The largest absolute Gasteiger partial charge is 0.321 e. The van der Waals surface area contributed by atoms with Crippen LogP contribution in [0, 0.1) is 0 Å². The monoisotopic (exact) mass is 246 g/mol. The van der Waals surface area contributed by atoms with E-state index in [1.54, 1.807) is 0 Å². The molecule has 0 radical (unpaired) electrons. The van der Waals surface area contributed by atoms with Gasteiger partial charge in [0.1, 0.15) is 6.54 Å². The van der Waals surface area contributed by atoms with Crippen molar-refractivity contribution in [1.82, 2.24) is 0 Å². The topological polar surface area (TPSA) is 24.7 Å². The smallest absolute Gasteiger partial charge is 0.213 e. The van der Waals surface area contributed by atoms with Crippen molar-refractivity contribution in [1.29, 1.82) is 0 Å². The molecule has 0 unspecified atom stereocenters. The summed E-state index contributed by atoms with van der Waals surface area (Å²) in [5.74, 6) is 0. The van der Waals surface area contributed by atoms with E-state index in [4.69, 9.17) is 0 Å². The van der Waals surface area contributed by atoms with Gasteiger partial charge in [-0.1, -0.05) is 24.3 Å². The van der Waals surface area contributed by atoms with Gasteiger partial charge in [-0.3, -0.25) is 0 Å². The van der Waals surface area contributed by atoms with E-state index in [2.05, 4.69) is 55.3 Å². The van der Waals surface area contributed by atoms with Crippen LogP contribution in [0.4, 0.5) is 0 Å². The molecule has 0 aliphatic carbocycles. The summed E-state index contributed by atoms with van der Waals surface area (Å²) in [6, 6.07) is 8.81. The second kappa shape index (κ2) is 4.81. The second-order valence-electron chi connectivity index (χ2n) is 5.37. The van der Waals surface area contributed by atoms with E-state index in [1.165, 1.54) is 30.8 Å². The molecular weight excluding hydrogens is 222 g/mol. The van der Waals surface area contributed by atoms with Crippen LogP contribution in [0.1, 0.15) is 38.8 Å². The fourth-order valence-electron chi connectivity index (χ4n) is 2.51. The molecule has 0 spiro atoms. The van der Waals surface area contributed by atoms with Gasteiger partial charge in [0.2, 0.25) is 5.66 Å². The standard InChI is InChI=1S/C15H24N3/c1-5-18(6-2,7-3)12-13-8-10-14(11-9-13)15(4)16-17-15/h8-11H,5-7,12H2,1-4H3/q+1. The van der Waals surface area contributed by atoms with Crippen LogP contribution in [0.2, 0.25) is 0 Å². The molecule has 0 saturated carbocycles. The van der Waals surface area contributed by atoms with E-state index < -0.39 is 0 Å². The lowest BCUT2D eigenvalue weighted by Crippen LogP contribution is -2.46. The lowest BCUT2D eigenvalue weighted by molar-refractivity contribution is -0.936. The molecule has 1 aromatic carbocycles. The summed E-state index contributed by atoms with van der Waals surface area (Å²) in [6.07, 6.45) is 0. The normalized spacial score (nSPS) is 16.9. The Morgan fingerprint density at radius 2 is 1.44 bits per heavy atom. The number of hydrogen-bond donors (Lipinski definition) is 0. The first-order chi connectivity index (χ1) is 8.57. The Hall–Kier alpha value is -1.22. The molecule has 1 aliphatic heterocycles. The molecule has 1 aliphatic rings. The molecule has 1 aromatic rings. The first-order valence-corrected chi connectivity index (χ1v) is 6.96. The van der Waals surface area contributed by atoms with Crippen molar-refractivity contribution in [3.8, 4) is 0 Å². The Labute approximate surface area is 110 Å². The van der Waals surface area contributed by atoms with Crippen molar-refractivity contribution in [3.63, 3.8) is 0 Å². The van der Waals surface area contributed by atoms with Gasteiger partial charge in [-0.25, -0.2) is 0 Å². The summed E-state index contributed by atoms with van der Waals surface area (Å²) in [7, 11) is 0. The van der Waals surface area contributed by atoms with Gasteiger partial charge in [0.25, 0.3) is 0 Å². The number of benzene rings is 1. The number of nitrogens with zero attached hydrogens (tertiary/aromatic N) is 3. The lowest BCUT2D eigenvalue weighted by atomic mass is 10.0. The van der Waals surface area contributed by atoms with Crippen LogP contribution >= 0.6 is 0 Å². The molecule has 2 rings (SSSR count).